The Morgan fingerprint density at radius 1 is 1.35 bits per heavy atom. The van der Waals surface area contributed by atoms with Crippen LogP contribution in [-0.2, 0) is 4.79 Å². The predicted octanol–water partition coefficient (Wildman–Crippen LogP) is 2.44. The second kappa shape index (κ2) is 5.04. The third-order valence-corrected chi connectivity index (χ3v) is 6.00. The molecule has 4 saturated carbocycles. The Bertz CT molecular complexity index is 618. The lowest BCUT2D eigenvalue weighted by Crippen LogP contribution is -2.60. The number of aromatic nitrogens is 2. The second-order valence-electron chi connectivity index (χ2n) is 7.80. The minimum atomic E-state index is -0.531. The van der Waals surface area contributed by atoms with Gasteiger partial charge in [-0.15, -0.1) is 0 Å². The van der Waals surface area contributed by atoms with E-state index in [1.807, 2.05) is 0 Å². The number of carbonyl (C=O) groups is 1. The largest absolute Gasteiger partial charge is 0.349 e. The molecule has 0 aliphatic heterocycles. The maximum atomic E-state index is 12.7. The van der Waals surface area contributed by atoms with E-state index in [-0.39, 0.29) is 17.1 Å². The van der Waals surface area contributed by atoms with Crippen LogP contribution in [0.15, 0.2) is 12.4 Å². The van der Waals surface area contributed by atoms with E-state index >= 15 is 0 Å². The van der Waals surface area contributed by atoms with Crippen LogP contribution in [0, 0.1) is 27.9 Å². The zero-order valence-corrected chi connectivity index (χ0v) is 13.3. The third kappa shape index (κ3) is 2.52. The molecule has 1 atom stereocenters. The summed E-state index contributed by atoms with van der Waals surface area (Å²) in [4.78, 5) is 22.9. The van der Waals surface area contributed by atoms with Gasteiger partial charge in [0.25, 0.3) is 0 Å². The summed E-state index contributed by atoms with van der Waals surface area (Å²) in [6, 6.07) is -0.531. The molecule has 0 spiro atoms. The number of hydrogen-bond donors (Lipinski definition) is 1. The van der Waals surface area contributed by atoms with Gasteiger partial charge < -0.3 is 5.32 Å². The molecule has 1 heterocycles. The average molecular weight is 318 g/mol. The monoisotopic (exact) mass is 318 g/mol. The van der Waals surface area contributed by atoms with Crippen LogP contribution in [0.3, 0.4) is 0 Å². The van der Waals surface area contributed by atoms with Crippen LogP contribution >= 0.6 is 0 Å². The van der Waals surface area contributed by atoms with Crippen molar-refractivity contribution in [3.63, 3.8) is 0 Å². The molecule has 23 heavy (non-hydrogen) atoms. The maximum absolute atomic E-state index is 12.7. The first-order valence-electron chi connectivity index (χ1n) is 8.45. The first kappa shape index (κ1) is 14.7. The fourth-order valence-corrected chi connectivity index (χ4v) is 5.38. The zero-order valence-electron chi connectivity index (χ0n) is 13.3. The second-order valence-corrected chi connectivity index (χ2v) is 7.80. The van der Waals surface area contributed by atoms with Crippen molar-refractivity contribution in [2.45, 2.75) is 57.0 Å². The Morgan fingerprint density at radius 2 is 1.91 bits per heavy atom. The topological polar surface area (TPSA) is 90.1 Å². The van der Waals surface area contributed by atoms with Crippen molar-refractivity contribution >= 4 is 11.6 Å². The van der Waals surface area contributed by atoms with Crippen LogP contribution in [-0.4, -0.2) is 26.1 Å². The molecule has 5 rings (SSSR count). The zero-order chi connectivity index (χ0) is 16.2. The van der Waals surface area contributed by atoms with Crippen molar-refractivity contribution in [2.75, 3.05) is 0 Å². The molecule has 4 bridgehead atoms. The van der Waals surface area contributed by atoms with E-state index < -0.39 is 11.0 Å². The van der Waals surface area contributed by atoms with Gasteiger partial charge in [-0.3, -0.25) is 19.6 Å². The molecule has 1 unspecified atom stereocenters. The number of nitrogens with one attached hydrogen (secondary N) is 1. The minimum Gasteiger partial charge on any atom is -0.349 e. The van der Waals surface area contributed by atoms with Crippen molar-refractivity contribution in [1.29, 1.82) is 0 Å². The lowest BCUT2D eigenvalue weighted by molar-refractivity contribution is -0.385. The van der Waals surface area contributed by atoms with Crippen LogP contribution in [0.1, 0.15) is 51.5 Å². The molecule has 7 nitrogen and oxygen atoms in total. The van der Waals surface area contributed by atoms with Crippen molar-refractivity contribution in [3.8, 4) is 0 Å². The first-order chi connectivity index (χ1) is 10.9. The number of rotatable bonds is 4. The summed E-state index contributed by atoms with van der Waals surface area (Å²) in [6.07, 6.45) is 9.78. The molecular formula is C16H22N4O3. The summed E-state index contributed by atoms with van der Waals surface area (Å²) in [5.41, 5.74) is -0.126. The third-order valence-electron chi connectivity index (χ3n) is 6.00. The lowest BCUT2D eigenvalue weighted by atomic mass is 9.53. The summed E-state index contributed by atoms with van der Waals surface area (Å²) in [6.45, 7) is 1.74. The van der Waals surface area contributed by atoms with Gasteiger partial charge >= 0.3 is 5.69 Å². The normalized spacial score (nSPS) is 36.0. The highest BCUT2D eigenvalue weighted by Gasteiger charge is 2.51. The van der Waals surface area contributed by atoms with E-state index in [1.165, 1.54) is 36.3 Å². The number of carbonyl (C=O) groups excluding carboxylic acids is 1. The number of amides is 1. The van der Waals surface area contributed by atoms with Gasteiger partial charge in [0.05, 0.1) is 4.92 Å². The Labute approximate surface area is 134 Å². The predicted molar refractivity (Wildman–Crippen MR) is 82.6 cm³/mol. The van der Waals surface area contributed by atoms with Crippen LogP contribution in [0.5, 0.6) is 0 Å². The van der Waals surface area contributed by atoms with Crippen molar-refractivity contribution in [2.24, 2.45) is 17.8 Å². The van der Waals surface area contributed by atoms with Gasteiger partial charge in [0.1, 0.15) is 18.4 Å². The van der Waals surface area contributed by atoms with Crippen molar-refractivity contribution in [1.82, 2.24) is 15.1 Å². The molecule has 1 aromatic rings. The van der Waals surface area contributed by atoms with E-state index in [4.69, 9.17) is 0 Å². The van der Waals surface area contributed by atoms with Gasteiger partial charge in [-0.25, -0.2) is 0 Å². The molecule has 1 N–H and O–H groups in total. The Kier molecular flexibility index (Phi) is 3.21. The standard InChI is InChI=1S/C16H22N4O3/c1-10(19-9-14(8-17-19)20(22)23)15(21)18-16-5-11-2-12(6-16)4-13(3-11)7-16/h8-13H,2-7H2,1H3,(H,18,21). The van der Waals surface area contributed by atoms with Gasteiger partial charge in [0.2, 0.25) is 5.91 Å². The highest BCUT2D eigenvalue weighted by atomic mass is 16.6. The quantitative estimate of drug-likeness (QED) is 0.682. The fraction of sp³-hybridized carbons (Fsp3) is 0.750. The maximum Gasteiger partial charge on any atom is 0.307 e. The molecule has 0 saturated heterocycles. The fourth-order valence-electron chi connectivity index (χ4n) is 5.38. The Balaban J connectivity index is 1.48. The molecule has 1 amide bonds. The van der Waals surface area contributed by atoms with Gasteiger partial charge in [0, 0.05) is 5.54 Å². The van der Waals surface area contributed by atoms with Crippen LogP contribution < -0.4 is 5.32 Å². The molecule has 7 heteroatoms. The number of nitrogens with zero attached hydrogens (tertiary/aromatic N) is 3. The smallest absolute Gasteiger partial charge is 0.307 e. The number of nitro groups is 1. The minimum absolute atomic E-state index is 0.0425. The van der Waals surface area contributed by atoms with Gasteiger partial charge in [-0.1, -0.05) is 0 Å². The highest BCUT2D eigenvalue weighted by molar-refractivity contribution is 5.80. The van der Waals surface area contributed by atoms with Gasteiger partial charge in [-0.05, 0) is 63.2 Å². The van der Waals surface area contributed by atoms with E-state index in [2.05, 4.69) is 10.4 Å². The summed E-state index contributed by atoms with van der Waals surface area (Å²) in [5.74, 6) is 2.22. The Morgan fingerprint density at radius 3 is 2.39 bits per heavy atom. The number of hydrogen-bond acceptors (Lipinski definition) is 4. The van der Waals surface area contributed by atoms with Crippen LogP contribution in [0.25, 0.3) is 0 Å². The summed E-state index contributed by atoms with van der Waals surface area (Å²) >= 11 is 0. The highest BCUT2D eigenvalue weighted by Crippen LogP contribution is 2.55. The molecule has 1 aromatic heterocycles. The average Bonchev–Trinajstić information content (AvgIpc) is 2.94. The van der Waals surface area contributed by atoms with E-state index in [9.17, 15) is 14.9 Å². The van der Waals surface area contributed by atoms with E-state index in [0.717, 1.165) is 37.0 Å². The summed E-state index contributed by atoms with van der Waals surface area (Å²) in [7, 11) is 0. The van der Waals surface area contributed by atoms with Crippen molar-refractivity contribution in [3.05, 3.63) is 22.5 Å². The summed E-state index contributed by atoms with van der Waals surface area (Å²) < 4.78 is 1.38. The molecule has 0 radical (unpaired) electrons. The summed E-state index contributed by atoms with van der Waals surface area (Å²) in [5, 5.41) is 18.0. The van der Waals surface area contributed by atoms with E-state index in [0.29, 0.717) is 0 Å². The lowest BCUT2D eigenvalue weighted by Gasteiger charge is -2.57. The van der Waals surface area contributed by atoms with Crippen LogP contribution in [0.4, 0.5) is 5.69 Å². The van der Waals surface area contributed by atoms with Crippen LogP contribution in [0.2, 0.25) is 0 Å². The molecule has 4 aliphatic rings. The first-order valence-corrected chi connectivity index (χ1v) is 8.45. The van der Waals surface area contributed by atoms with Gasteiger partial charge in [0.15, 0.2) is 0 Å². The Hall–Kier alpha value is -1.92. The molecule has 0 aromatic carbocycles. The van der Waals surface area contributed by atoms with E-state index in [1.54, 1.807) is 6.92 Å². The molecule has 4 fully saturated rings. The SMILES string of the molecule is CC(C(=O)NC12CC3CC(CC(C3)C1)C2)n1cc([N+](=O)[O-])cn1. The molecule has 4 aliphatic carbocycles. The van der Waals surface area contributed by atoms with Gasteiger partial charge in [-0.2, -0.15) is 5.10 Å². The van der Waals surface area contributed by atoms with Crippen molar-refractivity contribution < 1.29 is 9.72 Å². The molecule has 124 valence electrons. The molecular weight excluding hydrogens is 296 g/mol.